The van der Waals surface area contributed by atoms with Gasteiger partial charge in [0.15, 0.2) is 5.78 Å². The van der Waals surface area contributed by atoms with Crippen molar-refractivity contribution in [3.8, 4) is 0 Å². The van der Waals surface area contributed by atoms with E-state index in [-0.39, 0.29) is 17.1 Å². The molecular weight excluding hydrogens is 124 g/mol. The van der Waals surface area contributed by atoms with Crippen molar-refractivity contribution >= 4 is 17.4 Å². The van der Waals surface area contributed by atoms with E-state index in [4.69, 9.17) is 11.6 Å². The van der Waals surface area contributed by atoms with Crippen molar-refractivity contribution in [2.45, 2.75) is 19.8 Å². The number of carbonyl (C=O) groups is 1. The molecule has 0 amide bonds. The maximum Gasteiger partial charge on any atom is 0.153 e. The van der Waals surface area contributed by atoms with E-state index >= 15 is 0 Å². The summed E-state index contributed by atoms with van der Waals surface area (Å²) in [5.74, 6) is 0.399. The van der Waals surface area contributed by atoms with E-state index in [0.717, 1.165) is 12.8 Å². The Labute approximate surface area is 54.0 Å². The fourth-order valence-corrected chi connectivity index (χ4v) is 0.950. The molecule has 0 aromatic heterocycles. The topological polar surface area (TPSA) is 17.1 Å². The summed E-state index contributed by atoms with van der Waals surface area (Å²) in [5.41, 5.74) is -0.0122. The van der Waals surface area contributed by atoms with E-state index in [1.54, 1.807) is 0 Å². The van der Waals surface area contributed by atoms with Crippen LogP contribution in [0.25, 0.3) is 0 Å². The molecular formula is C6H9ClO. The fraction of sp³-hybridized carbons (Fsp3) is 0.833. The SMILES string of the molecule is CC1(C(=O)CCl)CC1. The van der Waals surface area contributed by atoms with Gasteiger partial charge >= 0.3 is 0 Å². The number of carbonyl (C=O) groups excluding carboxylic acids is 1. The van der Waals surface area contributed by atoms with Crippen molar-refractivity contribution in [2.24, 2.45) is 5.41 Å². The van der Waals surface area contributed by atoms with Crippen LogP contribution >= 0.6 is 11.6 Å². The predicted molar refractivity (Wildman–Crippen MR) is 33.1 cm³/mol. The predicted octanol–water partition coefficient (Wildman–Crippen LogP) is 1.59. The highest BCUT2D eigenvalue weighted by atomic mass is 35.5. The van der Waals surface area contributed by atoms with Crippen molar-refractivity contribution < 1.29 is 4.79 Å². The van der Waals surface area contributed by atoms with E-state index in [2.05, 4.69) is 0 Å². The zero-order valence-electron chi connectivity index (χ0n) is 4.91. The lowest BCUT2D eigenvalue weighted by Gasteiger charge is -1.99. The van der Waals surface area contributed by atoms with Crippen LogP contribution < -0.4 is 0 Å². The van der Waals surface area contributed by atoms with Gasteiger partial charge in [-0.2, -0.15) is 0 Å². The van der Waals surface area contributed by atoms with Crippen LogP contribution in [-0.4, -0.2) is 11.7 Å². The monoisotopic (exact) mass is 132 g/mol. The van der Waals surface area contributed by atoms with Gasteiger partial charge in [0.25, 0.3) is 0 Å². The molecule has 0 aromatic carbocycles. The summed E-state index contributed by atoms with van der Waals surface area (Å²) in [6, 6.07) is 0. The first-order chi connectivity index (χ1) is 3.69. The highest BCUT2D eigenvalue weighted by Gasteiger charge is 2.43. The van der Waals surface area contributed by atoms with Gasteiger partial charge in [0.1, 0.15) is 0 Å². The Morgan fingerprint density at radius 2 is 2.25 bits per heavy atom. The lowest BCUT2D eigenvalue weighted by Crippen LogP contribution is -2.12. The molecule has 0 N–H and O–H groups in total. The number of hydrogen-bond donors (Lipinski definition) is 0. The highest BCUT2D eigenvalue weighted by Crippen LogP contribution is 2.45. The minimum Gasteiger partial charge on any atom is -0.298 e. The standard InChI is InChI=1S/C6H9ClO/c1-6(2-3-6)5(8)4-7/h2-4H2,1H3. The van der Waals surface area contributed by atoms with Crippen LogP contribution in [0, 0.1) is 5.41 Å². The molecule has 0 heterocycles. The second-order valence-corrected chi connectivity index (χ2v) is 2.88. The Morgan fingerprint density at radius 1 is 1.75 bits per heavy atom. The Kier molecular flexibility index (Phi) is 1.31. The maximum absolute atomic E-state index is 10.8. The summed E-state index contributed by atoms with van der Waals surface area (Å²) in [6.45, 7) is 1.97. The Hall–Kier alpha value is -0.0400. The average Bonchev–Trinajstić information content (AvgIpc) is 2.47. The summed E-state index contributed by atoms with van der Waals surface area (Å²) in [5, 5.41) is 0. The molecule has 0 aromatic rings. The van der Waals surface area contributed by atoms with Gasteiger partial charge in [0, 0.05) is 5.41 Å². The molecule has 0 aliphatic heterocycles. The Bertz CT molecular complexity index is 116. The number of Topliss-reactive ketones (excluding diaryl/α,β-unsaturated/α-hetero) is 1. The van der Waals surface area contributed by atoms with Crippen molar-refractivity contribution in [1.82, 2.24) is 0 Å². The zero-order valence-corrected chi connectivity index (χ0v) is 5.66. The van der Waals surface area contributed by atoms with Crippen molar-refractivity contribution in [3.63, 3.8) is 0 Å². The molecule has 0 bridgehead atoms. The fourth-order valence-electron chi connectivity index (χ4n) is 0.628. The molecule has 1 aliphatic rings. The highest BCUT2D eigenvalue weighted by molar-refractivity contribution is 6.28. The summed E-state index contributed by atoms with van der Waals surface area (Å²) in [4.78, 5) is 10.8. The van der Waals surface area contributed by atoms with Gasteiger partial charge in [-0.15, -0.1) is 11.6 Å². The van der Waals surface area contributed by atoms with Crippen LogP contribution in [0.5, 0.6) is 0 Å². The zero-order chi connectivity index (χ0) is 6.20. The lowest BCUT2D eigenvalue weighted by atomic mass is 10.1. The molecule has 0 radical (unpaired) electrons. The number of alkyl halides is 1. The maximum atomic E-state index is 10.8. The minimum absolute atomic E-state index is 0.0122. The first kappa shape index (κ1) is 6.09. The Balaban J connectivity index is 2.46. The molecule has 1 saturated carbocycles. The second-order valence-electron chi connectivity index (χ2n) is 2.62. The molecule has 2 heteroatoms. The van der Waals surface area contributed by atoms with Gasteiger partial charge in [-0.25, -0.2) is 0 Å². The average molecular weight is 133 g/mol. The Morgan fingerprint density at radius 3 is 2.38 bits per heavy atom. The molecule has 0 saturated heterocycles. The first-order valence-corrected chi connectivity index (χ1v) is 3.32. The smallest absolute Gasteiger partial charge is 0.153 e. The number of hydrogen-bond acceptors (Lipinski definition) is 1. The second kappa shape index (κ2) is 1.73. The van der Waals surface area contributed by atoms with E-state index in [1.807, 2.05) is 6.92 Å². The lowest BCUT2D eigenvalue weighted by molar-refractivity contribution is -0.121. The molecule has 1 fully saturated rings. The van der Waals surface area contributed by atoms with E-state index in [9.17, 15) is 4.79 Å². The van der Waals surface area contributed by atoms with Gasteiger partial charge in [-0.1, -0.05) is 6.92 Å². The molecule has 1 nitrogen and oxygen atoms in total. The van der Waals surface area contributed by atoms with E-state index in [0.29, 0.717) is 0 Å². The third-order valence-electron chi connectivity index (χ3n) is 1.79. The van der Waals surface area contributed by atoms with Gasteiger partial charge < -0.3 is 0 Å². The van der Waals surface area contributed by atoms with Crippen molar-refractivity contribution in [2.75, 3.05) is 5.88 Å². The summed E-state index contributed by atoms with van der Waals surface area (Å²) in [6.07, 6.45) is 2.08. The van der Waals surface area contributed by atoms with Gasteiger partial charge in [-0.05, 0) is 12.8 Å². The minimum atomic E-state index is -0.0122. The first-order valence-electron chi connectivity index (χ1n) is 2.78. The third kappa shape index (κ3) is 0.873. The van der Waals surface area contributed by atoms with E-state index in [1.165, 1.54) is 0 Å². The van der Waals surface area contributed by atoms with E-state index < -0.39 is 0 Å². The van der Waals surface area contributed by atoms with Crippen LogP contribution in [0.15, 0.2) is 0 Å². The van der Waals surface area contributed by atoms with Crippen LogP contribution in [0.4, 0.5) is 0 Å². The molecule has 1 rings (SSSR count). The summed E-state index contributed by atoms with van der Waals surface area (Å²) < 4.78 is 0. The third-order valence-corrected chi connectivity index (χ3v) is 2.04. The molecule has 0 spiro atoms. The quantitative estimate of drug-likeness (QED) is 0.522. The van der Waals surface area contributed by atoms with Crippen LogP contribution in [-0.2, 0) is 4.79 Å². The number of rotatable bonds is 2. The van der Waals surface area contributed by atoms with Crippen LogP contribution in [0.1, 0.15) is 19.8 Å². The molecule has 8 heavy (non-hydrogen) atoms. The van der Waals surface area contributed by atoms with Crippen molar-refractivity contribution in [3.05, 3.63) is 0 Å². The van der Waals surface area contributed by atoms with Crippen LogP contribution in [0.3, 0.4) is 0 Å². The molecule has 1 aliphatic carbocycles. The van der Waals surface area contributed by atoms with Gasteiger partial charge in [0.05, 0.1) is 5.88 Å². The van der Waals surface area contributed by atoms with Crippen molar-refractivity contribution in [1.29, 1.82) is 0 Å². The molecule has 0 unspecified atom stereocenters. The van der Waals surface area contributed by atoms with Gasteiger partial charge in [-0.3, -0.25) is 4.79 Å². The van der Waals surface area contributed by atoms with Crippen LogP contribution in [0.2, 0.25) is 0 Å². The van der Waals surface area contributed by atoms with Gasteiger partial charge in [0.2, 0.25) is 0 Å². The molecule has 0 atom stereocenters. The largest absolute Gasteiger partial charge is 0.298 e. The number of ketones is 1. The summed E-state index contributed by atoms with van der Waals surface area (Å²) in [7, 11) is 0. The normalized spacial score (nSPS) is 22.8. The molecule has 46 valence electrons. The number of halogens is 1. The summed E-state index contributed by atoms with van der Waals surface area (Å²) >= 11 is 5.33.